The highest BCUT2D eigenvalue weighted by molar-refractivity contribution is 7.75. The summed E-state index contributed by atoms with van der Waals surface area (Å²) in [7, 11) is -19.9. The van der Waals surface area contributed by atoms with E-state index in [0.29, 0.717) is 42.4 Å². The van der Waals surface area contributed by atoms with Crippen LogP contribution in [0.15, 0.2) is 0 Å². The summed E-state index contributed by atoms with van der Waals surface area (Å²) in [5.41, 5.74) is 0. The fourth-order valence-corrected chi connectivity index (χ4v) is 14.2. The molecule has 0 saturated heterocycles. The molecule has 0 spiro atoms. The molecular formula is C24H60NO12P7. The highest BCUT2D eigenvalue weighted by atomic mass is 31.3. The molecule has 0 aromatic carbocycles. The third kappa shape index (κ3) is 17.3. The predicted molar refractivity (Wildman–Crippen MR) is 187 cm³/mol. The van der Waals surface area contributed by atoms with Gasteiger partial charge in [-0.1, -0.05) is 83.1 Å². The summed E-state index contributed by atoms with van der Waals surface area (Å²) in [5.74, 6) is 0. The topological polar surface area (TPSA) is 161 Å². The van der Waals surface area contributed by atoms with E-state index in [1.54, 1.807) is 83.1 Å². The van der Waals surface area contributed by atoms with Crippen molar-refractivity contribution in [3.8, 4) is 0 Å². The van der Waals surface area contributed by atoms with Gasteiger partial charge in [0.1, 0.15) is 0 Å². The summed E-state index contributed by atoms with van der Waals surface area (Å²) in [4.78, 5) is 0. The molecule has 0 N–H and O–H groups in total. The largest absolute Gasteiger partial charge is 0.350 e. The van der Waals surface area contributed by atoms with Gasteiger partial charge < -0.3 is 0 Å². The summed E-state index contributed by atoms with van der Waals surface area (Å²) in [6.07, 6.45) is 3.65. The monoisotopic (exact) mass is 771 g/mol. The first-order valence-electron chi connectivity index (χ1n) is 15.6. The molecule has 0 aliphatic rings. The minimum absolute atomic E-state index is 0.276. The van der Waals surface area contributed by atoms with E-state index in [0.717, 1.165) is 0 Å². The van der Waals surface area contributed by atoms with E-state index >= 15 is 0 Å². The summed E-state index contributed by atoms with van der Waals surface area (Å²) >= 11 is 0. The van der Waals surface area contributed by atoms with Gasteiger partial charge in [0.05, 0.1) is 5.39 Å². The van der Waals surface area contributed by atoms with E-state index in [4.69, 9.17) is 26.8 Å². The van der Waals surface area contributed by atoms with Crippen LogP contribution < -0.4 is 0 Å². The van der Waals surface area contributed by atoms with Crippen LogP contribution in [0.25, 0.3) is 0 Å². The molecule has 0 fully saturated rings. The van der Waals surface area contributed by atoms with Crippen molar-refractivity contribution in [2.24, 2.45) is 0 Å². The van der Waals surface area contributed by atoms with E-state index in [1.165, 1.54) is 0 Å². The van der Waals surface area contributed by atoms with Gasteiger partial charge in [-0.15, -0.1) is 0 Å². The van der Waals surface area contributed by atoms with Crippen molar-refractivity contribution in [3.63, 3.8) is 0 Å². The summed E-state index contributed by atoms with van der Waals surface area (Å²) in [6, 6.07) is 0. The SMILES string of the molecule is CCP(=O)(CC)ON(OP(=O)(CC)CC)OP(=O)(CC)CC.CCP(=O)(CC)OP(OP(=O)(CC)CC)OP(=O)(CC)CC. The van der Waals surface area contributed by atoms with Crippen LogP contribution in [-0.2, 0) is 54.2 Å². The Hall–Kier alpha value is 1.53. The zero-order chi connectivity index (χ0) is 34.9. The number of rotatable bonds is 24. The van der Waals surface area contributed by atoms with E-state index in [2.05, 4.69) is 0 Å². The van der Waals surface area contributed by atoms with Crippen LogP contribution >= 0.6 is 52.8 Å². The Morgan fingerprint density at radius 3 is 0.636 bits per heavy atom. The summed E-state index contributed by atoms with van der Waals surface area (Å²) in [5, 5.41) is 0.523. The van der Waals surface area contributed by atoms with Gasteiger partial charge in [0.25, 0.3) is 0 Å². The van der Waals surface area contributed by atoms with E-state index in [1.807, 2.05) is 0 Å². The van der Waals surface area contributed by atoms with Crippen molar-refractivity contribution < 1.29 is 54.2 Å². The molecule has 20 heteroatoms. The van der Waals surface area contributed by atoms with Gasteiger partial charge in [-0.2, -0.15) is 13.9 Å². The fourth-order valence-electron chi connectivity index (χ4n) is 2.85. The third-order valence-electron chi connectivity index (χ3n) is 7.07. The van der Waals surface area contributed by atoms with E-state index in [-0.39, 0.29) is 37.0 Å². The highest BCUT2D eigenvalue weighted by Crippen LogP contribution is 2.72. The second-order valence-corrected chi connectivity index (χ2v) is 29.9. The molecule has 0 atom stereocenters. The minimum atomic E-state index is -3.02. The van der Waals surface area contributed by atoms with Crippen molar-refractivity contribution >= 4 is 52.8 Å². The average molecular weight is 772 g/mol. The lowest BCUT2D eigenvalue weighted by Crippen LogP contribution is -2.24. The van der Waals surface area contributed by atoms with Crippen LogP contribution in [0.2, 0.25) is 0 Å². The van der Waals surface area contributed by atoms with Crippen molar-refractivity contribution in [1.29, 1.82) is 0 Å². The third-order valence-corrected chi connectivity index (χ3v) is 25.1. The lowest BCUT2D eigenvalue weighted by atomic mass is 11.0. The Bertz CT molecular complexity index is 840. The normalized spacial score (nSPS) is 13.8. The van der Waals surface area contributed by atoms with Crippen LogP contribution in [0.1, 0.15) is 83.1 Å². The van der Waals surface area contributed by atoms with Gasteiger partial charge in [-0.05, 0) is 0 Å². The molecule has 0 aromatic rings. The van der Waals surface area contributed by atoms with Gasteiger partial charge in [0.2, 0.25) is 44.2 Å². The van der Waals surface area contributed by atoms with Crippen LogP contribution in [-0.4, -0.2) is 79.3 Å². The highest BCUT2D eigenvalue weighted by Gasteiger charge is 2.37. The molecular weight excluding hydrogens is 711 g/mol. The van der Waals surface area contributed by atoms with Gasteiger partial charge >= 0.3 is 8.60 Å². The zero-order valence-corrected chi connectivity index (χ0v) is 35.2. The number of nitrogens with zero attached hydrogens (tertiary/aromatic N) is 1. The van der Waals surface area contributed by atoms with Gasteiger partial charge in [-0.3, -0.25) is 40.3 Å². The molecule has 44 heavy (non-hydrogen) atoms. The molecule has 0 aliphatic carbocycles. The second-order valence-electron chi connectivity index (χ2n) is 9.62. The Kier molecular flexibility index (Phi) is 24.1. The summed E-state index contributed by atoms with van der Waals surface area (Å²) in [6.45, 7) is 20.9. The lowest BCUT2D eigenvalue weighted by Gasteiger charge is -2.29. The van der Waals surface area contributed by atoms with Crippen LogP contribution in [0.5, 0.6) is 0 Å². The van der Waals surface area contributed by atoms with Crippen molar-refractivity contribution in [1.82, 2.24) is 5.39 Å². The maximum Gasteiger partial charge on any atom is 0.350 e. The standard InChI is InChI=1S/C12H30NO6P3.C12H30O6P4/c1-7-20(14,8-2)17-13(18-21(15,9-3)10-4)19-22(16,11-5)12-6;1-7-20(13,8-2)16-19(17-21(14,9-3)10-4)18-22(15,11-5)12-6/h2*7-12H2,1-6H3. The van der Waals surface area contributed by atoms with Crippen molar-refractivity contribution in [2.75, 3.05) is 73.9 Å². The predicted octanol–water partition coefficient (Wildman–Crippen LogP) is 11.3. The zero-order valence-electron chi connectivity index (χ0n) is 29.0. The first kappa shape index (κ1) is 47.6. The van der Waals surface area contributed by atoms with Crippen LogP contribution in [0.4, 0.5) is 0 Å². The summed E-state index contributed by atoms with van der Waals surface area (Å²) < 4.78 is 108. The molecule has 0 rings (SSSR count). The van der Waals surface area contributed by atoms with E-state index < -0.39 is 52.8 Å². The Labute approximate surface area is 268 Å². The number of hydrogen-bond donors (Lipinski definition) is 0. The molecule has 0 unspecified atom stereocenters. The van der Waals surface area contributed by atoms with Gasteiger partial charge in [0.15, 0.2) is 0 Å². The van der Waals surface area contributed by atoms with Gasteiger partial charge in [0, 0.05) is 73.9 Å². The fraction of sp³-hybridized carbons (Fsp3) is 1.00. The van der Waals surface area contributed by atoms with E-state index in [9.17, 15) is 27.4 Å². The maximum absolute atomic E-state index is 12.5. The minimum Gasteiger partial charge on any atom is -0.293 e. The smallest absolute Gasteiger partial charge is 0.293 e. The molecule has 0 aliphatic heterocycles. The number of hydrogen-bond acceptors (Lipinski definition) is 13. The maximum atomic E-state index is 12.5. The Balaban J connectivity index is 0. The first-order chi connectivity index (χ1) is 20.3. The molecule has 0 saturated carbocycles. The molecule has 0 bridgehead atoms. The molecule has 268 valence electrons. The van der Waals surface area contributed by atoms with Crippen LogP contribution in [0.3, 0.4) is 0 Å². The first-order valence-corrected chi connectivity index (χ1v) is 28.6. The molecule has 13 nitrogen and oxygen atoms in total. The average Bonchev–Trinajstić information content (AvgIpc) is 3.04. The molecule has 0 heterocycles. The quantitative estimate of drug-likeness (QED) is 0.0674. The Morgan fingerprint density at radius 2 is 0.500 bits per heavy atom. The second kappa shape index (κ2) is 22.3. The van der Waals surface area contributed by atoms with Crippen molar-refractivity contribution in [2.45, 2.75) is 83.1 Å². The van der Waals surface area contributed by atoms with Crippen molar-refractivity contribution in [3.05, 3.63) is 0 Å². The molecule has 0 radical (unpaired) electrons. The van der Waals surface area contributed by atoms with Gasteiger partial charge in [-0.25, -0.2) is 0 Å². The molecule has 0 aromatic heterocycles. The van der Waals surface area contributed by atoms with Crippen LogP contribution in [0, 0.1) is 0 Å². The lowest BCUT2D eigenvalue weighted by molar-refractivity contribution is -0.409. The molecule has 0 amide bonds. The Morgan fingerprint density at radius 1 is 0.341 bits per heavy atom.